The molecule has 0 fully saturated rings. The topological polar surface area (TPSA) is 46.3 Å². The number of nitrogens with two attached hydrogens (primary N) is 1. The third-order valence-electron chi connectivity index (χ3n) is 2.50. The highest BCUT2D eigenvalue weighted by Gasteiger charge is 2.21. The summed E-state index contributed by atoms with van der Waals surface area (Å²) in [6.07, 6.45) is 0. The molecule has 0 aliphatic carbocycles. The maximum Gasteiger partial charge on any atom is 0.255 e. The van der Waals surface area contributed by atoms with Crippen LogP contribution in [0.1, 0.15) is 17.3 Å². The predicted molar refractivity (Wildman–Crippen MR) is 77.5 cm³/mol. The van der Waals surface area contributed by atoms with Crippen molar-refractivity contribution in [2.45, 2.75) is 13.0 Å². The molecule has 1 rings (SSSR count). The van der Waals surface area contributed by atoms with Crippen molar-refractivity contribution < 1.29 is 4.79 Å². The summed E-state index contributed by atoms with van der Waals surface area (Å²) in [5.74, 6) is -0.211. The van der Waals surface area contributed by atoms with Gasteiger partial charge < -0.3 is 10.6 Å². The van der Waals surface area contributed by atoms with Crippen molar-refractivity contribution in [3.8, 4) is 0 Å². The molecule has 0 saturated carbocycles. The van der Waals surface area contributed by atoms with Gasteiger partial charge in [-0.1, -0.05) is 29.9 Å². The standard InChI is InChI=1S/C11H12BrClN2OS/c1-6(10(14)17)15(2)11(16)7-4-3-5-8(12)9(7)13/h3-6H,1-2H3,(H2,14,17). The van der Waals surface area contributed by atoms with Gasteiger partial charge in [0.25, 0.3) is 5.91 Å². The molecule has 6 heteroatoms. The molecule has 0 aliphatic heterocycles. The second-order valence-corrected chi connectivity index (χ2v) is 5.30. The summed E-state index contributed by atoms with van der Waals surface area (Å²) in [5, 5.41) is 0.388. The lowest BCUT2D eigenvalue weighted by Gasteiger charge is -2.24. The Hall–Kier alpha value is -0.650. The highest BCUT2D eigenvalue weighted by molar-refractivity contribution is 9.10. The first kappa shape index (κ1) is 14.4. The first-order valence-corrected chi connectivity index (χ1v) is 6.44. The molecule has 0 aliphatic rings. The van der Waals surface area contributed by atoms with Crippen LogP contribution in [0.4, 0.5) is 0 Å². The zero-order chi connectivity index (χ0) is 13.2. The number of halogens is 2. The van der Waals surface area contributed by atoms with E-state index in [4.69, 9.17) is 29.6 Å². The molecule has 92 valence electrons. The van der Waals surface area contributed by atoms with Crippen molar-refractivity contribution in [3.05, 3.63) is 33.3 Å². The Labute approximate surface area is 119 Å². The van der Waals surface area contributed by atoms with Crippen molar-refractivity contribution in [1.29, 1.82) is 0 Å². The summed E-state index contributed by atoms with van der Waals surface area (Å²) in [4.78, 5) is 13.9. The van der Waals surface area contributed by atoms with E-state index in [0.29, 0.717) is 15.1 Å². The monoisotopic (exact) mass is 334 g/mol. The van der Waals surface area contributed by atoms with Gasteiger partial charge in [-0.2, -0.15) is 0 Å². The molecular formula is C11H12BrClN2OS. The van der Waals surface area contributed by atoms with Crippen LogP contribution in [0.5, 0.6) is 0 Å². The molecule has 0 radical (unpaired) electrons. The van der Waals surface area contributed by atoms with E-state index in [0.717, 1.165) is 0 Å². The normalized spacial score (nSPS) is 12.0. The molecule has 3 nitrogen and oxygen atoms in total. The van der Waals surface area contributed by atoms with Gasteiger partial charge in [0.2, 0.25) is 0 Å². The molecule has 1 aromatic carbocycles. The molecule has 1 unspecified atom stereocenters. The molecule has 0 heterocycles. The van der Waals surface area contributed by atoms with E-state index < -0.39 is 0 Å². The Balaban J connectivity index is 3.05. The number of thiocarbonyl (C=S) groups is 1. The summed E-state index contributed by atoms with van der Waals surface area (Å²) in [5.41, 5.74) is 5.94. The van der Waals surface area contributed by atoms with Gasteiger partial charge in [0.15, 0.2) is 0 Å². The van der Waals surface area contributed by atoms with Crippen LogP contribution in [-0.2, 0) is 0 Å². The molecule has 2 N–H and O–H groups in total. The third-order valence-corrected chi connectivity index (χ3v) is 4.13. The van der Waals surface area contributed by atoms with Gasteiger partial charge in [0, 0.05) is 11.5 Å². The molecule has 1 aromatic rings. The minimum Gasteiger partial charge on any atom is -0.392 e. The Morgan fingerprint density at radius 2 is 2.18 bits per heavy atom. The maximum absolute atomic E-state index is 12.2. The molecule has 1 atom stereocenters. The summed E-state index contributed by atoms with van der Waals surface area (Å²) >= 11 is 14.2. The van der Waals surface area contributed by atoms with Crippen LogP contribution < -0.4 is 5.73 Å². The zero-order valence-electron chi connectivity index (χ0n) is 9.41. The van der Waals surface area contributed by atoms with Crippen LogP contribution in [0, 0.1) is 0 Å². The van der Waals surface area contributed by atoms with Crippen molar-refractivity contribution in [3.63, 3.8) is 0 Å². The van der Waals surface area contributed by atoms with Crippen LogP contribution in [0.15, 0.2) is 22.7 Å². The predicted octanol–water partition coefficient (Wildman–Crippen LogP) is 2.85. The maximum atomic E-state index is 12.2. The van der Waals surface area contributed by atoms with Crippen LogP contribution in [0.25, 0.3) is 0 Å². The van der Waals surface area contributed by atoms with E-state index in [2.05, 4.69) is 15.9 Å². The highest BCUT2D eigenvalue weighted by Crippen LogP contribution is 2.27. The van der Waals surface area contributed by atoms with Crippen LogP contribution in [0.3, 0.4) is 0 Å². The fourth-order valence-corrected chi connectivity index (χ4v) is 1.96. The lowest BCUT2D eigenvalue weighted by atomic mass is 10.1. The Morgan fingerprint density at radius 3 is 2.71 bits per heavy atom. The molecule has 0 bridgehead atoms. The number of carbonyl (C=O) groups is 1. The van der Waals surface area contributed by atoms with Crippen LogP contribution in [-0.4, -0.2) is 28.9 Å². The van der Waals surface area contributed by atoms with Crippen molar-refractivity contribution in [2.75, 3.05) is 7.05 Å². The lowest BCUT2D eigenvalue weighted by Crippen LogP contribution is -2.42. The Bertz CT molecular complexity index is 467. The minimum absolute atomic E-state index is 0.211. The number of amides is 1. The minimum atomic E-state index is -0.312. The number of carbonyl (C=O) groups excluding carboxylic acids is 1. The highest BCUT2D eigenvalue weighted by atomic mass is 79.9. The van der Waals surface area contributed by atoms with Gasteiger partial charge in [-0.15, -0.1) is 0 Å². The van der Waals surface area contributed by atoms with Gasteiger partial charge >= 0.3 is 0 Å². The van der Waals surface area contributed by atoms with E-state index >= 15 is 0 Å². The second-order valence-electron chi connectivity index (χ2n) is 3.60. The van der Waals surface area contributed by atoms with E-state index in [1.807, 2.05) is 0 Å². The lowest BCUT2D eigenvalue weighted by molar-refractivity contribution is 0.0779. The van der Waals surface area contributed by atoms with Crippen LogP contribution >= 0.6 is 39.7 Å². The van der Waals surface area contributed by atoms with Crippen LogP contribution in [0.2, 0.25) is 5.02 Å². The zero-order valence-corrected chi connectivity index (χ0v) is 12.6. The van der Waals surface area contributed by atoms with E-state index in [-0.39, 0.29) is 16.9 Å². The molecule has 1 amide bonds. The first-order chi connectivity index (χ1) is 7.86. The van der Waals surface area contributed by atoms with Gasteiger partial charge in [-0.3, -0.25) is 4.79 Å². The fourth-order valence-electron chi connectivity index (χ4n) is 1.23. The summed E-state index contributed by atoms with van der Waals surface area (Å²) in [6, 6.07) is 4.88. The third kappa shape index (κ3) is 3.18. The van der Waals surface area contributed by atoms with Crippen molar-refractivity contribution >= 4 is 50.6 Å². The summed E-state index contributed by atoms with van der Waals surface area (Å²) in [6.45, 7) is 1.77. The van der Waals surface area contributed by atoms with Gasteiger partial charge in [-0.25, -0.2) is 0 Å². The average Bonchev–Trinajstić information content (AvgIpc) is 2.29. The summed E-state index contributed by atoms with van der Waals surface area (Å²) < 4.78 is 0.682. The van der Waals surface area contributed by atoms with Crippen molar-refractivity contribution in [1.82, 2.24) is 4.90 Å². The average molecular weight is 336 g/mol. The first-order valence-electron chi connectivity index (χ1n) is 4.86. The number of hydrogen-bond acceptors (Lipinski definition) is 2. The number of likely N-dealkylation sites (N-methyl/N-ethyl adjacent to an activating group) is 1. The largest absolute Gasteiger partial charge is 0.392 e. The number of rotatable bonds is 3. The molecular weight excluding hydrogens is 324 g/mol. The second kappa shape index (κ2) is 5.80. The van der Waals surface area contributed by atoms with E-state index in [1.54, 1.807) is 32.2 Å². The van der Waals surface area contributed by atoms with E-state index in [1.165, 1.54) is 4.90 Å². The van der Waals surface area contributed by atoms with E-state index in [9.17, 15) is 4.79 Å². The number of nitrogens with zero attached hydrogens (tertiary/aromatic N) is 1. The smallest absolute Gasteiger partial charge is 0.255 e. The summed E-state index contributed by atoms with van der Waals surface area (Å²) in [7, 11) is 1.64. The Morgan fingerprint density at radius 1 is 1.59 bits per heavy atom. The van der Waals surface area contributed by atoms with Gasteiger partial charge in [0.05, 0.1) is 21.6 Å². The molecule has 0 aromatic heterocycles. The molecule has 17 heavy (non-hydrogen) atoms. The van der Waals surface area contributed by atoms with Gasteiger partial charge in [0.1, 0.15) is 0 Å². The molecule has 0 spiro atoms. The quantitative estimate of drug-likeness (QED) is 0.864. The number of benzene rings is 1. The number of hydrogen-bond donors (Lipinski definition) is 1. The van der Waals surface area contributed by atoms with Crippen molar-refractivity contribution in [2.24, 2.45) is 5.73 Å². The van der Waals surface area contributed by atoms with Gasteiger partial charge in [-0.05, 0) is 35.0 Å². The fraction of sp³-hybridized carbons (Fsp3) is 0.273. The Kier molecular flexibility index (Phi) is 4.91. The molecule has 0 saturated heterocycles. The SMILES string of the molecule is CC(C(N)=S)N(C)C(=O)c1cccc(Br)c1Cl.